The Morgan fingerprint density at radius 3 is 2.40 bits per heavy atom. The number of halogens is 1. The minimum Gasteiger partial charge on any atom is -0.333 e. The first-order chi connectivity index (χ1) is 12.0. The molecule has 0 saturated carbocycles. The van der Waals surface area contributed by atoms with Gasteiger partial charge < -0.3 is 4.57 Å². The zero-order valence-corrected chi connectivity index (χ0v) is 14.3. The summed E-state index contributed by atoms with van der Waals surface area (Å²) in [5.74, 6) is 0.935. The van der Waals surface area contributed by atoms with Crippen LogP contribution in [-0.2, 0) is 7.05 Å². The van der Waals surface area contributed by atoms with Crippen LogP contribution in [0.3, 0.4) is 0 Å². The number of pyridine rings is 1. The molecule has 0 atom stereocenters. The summed E-state index contributed by atoms with van der Waals surface area (Å²) >= 11 is 0. The largest absolute Gasteiger partial charge is 0.333 e. The van der Waals surface area contributed by atoms with Gasteiger partial charge in [0.05, 0.1) is 17.7 Å². The molecule has 0 saturated heterocycles. The van der Waals surface area contributed by atoms with E-state index in [1.165, 1.54) is 12.1 Å². The van der Waals surface area contributed by atoms with Crippen LogP contribution >= 0.6 is 0 Å². The van der Waals surface area contributed by atoms with Crippen LogP contribution in [-0.4, -0.2) is 24.1 Å². The van der Waals surface area contributed by atoms with Gasteiger partial charge in [-0.3, -0.25) is 4.40 Å². The lowest BCUT2D eigenvalue weighted by molar-refractivity contribution is 0.628. The zero-order chi connectivity index (χ0) is 17.6. The summed E-state index contributed by atoms with van der Waals surface area (Å²) in [6, 6.07) is 10.4. The van der Waals surface area contributed by atoms with Crippen molar-refractivity contribution < 1.29 is 4.39 Å². The molecule has 4 rings (SSSR count). The minimum absolute atomic E-state index is 0.256. The molecule has 0 spiro atoms. The number of aromatic nitrogens is 5. The van der Waals surface area contributed by atoms with Gasteiger partial charge in [0.25, 0.3) is 0 Å². The average molecular weight is 335 g/mol. The second kappa shape index (κ2) is 5.81. The van der Waals surface area contributed by atoms with E-state index >= 15 is 0 Å². The lowest BCUT2D eigenvalue weighted by atomic mass is 10.1. The van der Waals surface area contributed by atoms with Crippen LogP contribution in [0.1, 0.15) is 25.6 Å². The molecule has 0 aliphatic rings. The number of rotatable bonds is 3. The molecular weight excluding hydrogens is 317 g/mol. The van der Waals surface area contributed by atoms with Crippen LogP contribution in [0.25, 0.3) is 28.2 Å². The zero-order valence-electron chi connectivity index (χ0n) is 14.3. The van der Waals surface area contributed by atoms with Crippen molar-refractivity contribution in [2.24, 2.45) is 7.05 Å². The Kier molecular flexibility index (Phi) is 3.60. The fraction of sp³-hybridized carbons (Fsp3) is 0.211. The summed E-state index contributed by atoms with van der Waals surface area (Å²) in [6.45, 7) is 4.19. The normalized spacial score (nSPS) is 11.6. The summed E-state index contributed by atoms with van der Waals surface area (Å²) < 4.78 is 17.2. The predicted molar refractivity (Wildman–Crippen MR) is 94.7 cm³/mol. The van der Waals surface area contributed by atoms with Crippen molar-refractivity contribution in [2.75, 3.05) is 0 Å². The highest BCUT2D eigenvalue weighted by atomic mass is 19.1. The summed E-state index contributed by atoms with van der Waals surface area (Å²) in [6.07, 6.45) is 3.81. The molecule has 1 aromatic carbocycles. The van der Waals surface area contributed by atoms with E-state index in [1.54, 1.807) is 18.5 Å². The van der Waals surface area contributed by atoms with Crippen molar-refractivity contribution >= 4 is 5.65 Å². The molecule has 25 heavy (non-hydrogen) atoms. The Balaban J connectivity index is 1.90. The third-order valence-electron chi connectivity index (χ3n) is 4.27. The van der Waals surface area contributed by atoms with E-state index in [0.29, 0.717) is 0 Å². The first kappa shape index (κ1) is 15.5. The summed E-state index contributed by atoms with van der Waals surface area (Å²) in [5, 5.41) is 8.50. The maximum atomic E-state index is 13.2. The standard InChI is InChI=1S/C19H18FN5/c1-12(2)19-23-22-16-9-6-14(10-25(16)19)18-17(21-11-24(18)3)13-4-7-15(20)8-5-13/h4-12H,1-3H3. The lowest BCUT2D eigenvalue weighted by Gasteiger charge is -2.09. The Morgan fingerprint density at radius 2 is 1.68 bits per heavy atom. The van der Waals surface area contributed by atoms with Crippen molar-refractivity contribution in [1.82, 2.24) is 24.1 Å². The molecule has 3 heterocycles. The van der Waals surface area contributed by atoms with Crippen molar-refractivity contribution in [3.8, 4) is 22.5 Å². The number of fused-ring (bicyclic) bond motifs is 1. The summed E-state index contributed by atoms with van der Waals surface area (Å²) in [4.78, 5) is 4.52. The van der Waals surface area contributed by atoms with Gasteiger partial charge in [0.1, 0.15) is 11.6 Å². The smallest absolute Gasteiger partial charge is 0.160 e. The van der Waals surface area contributed by atoms with Crippen molar-refractivity contribution in [3.05, 3.63) is 60.6 Å². The Morgan fingerprint density at radius 1 is 0.960 bits per heavy atom. The highest BCUT2D eigenvalue weighted by Crippen LogP contribution is 2.31. The van der Waals surface area contributed by atoms with Crippen LogP contribution in [0.15, 0.2) is 48.9 Å². The number of nitrogens with zero attached hydrogens (tertiary/aromatic N) is 5. The molecule has 0 amide bonds. The monoisotopic (exact) mass is 335 g/mol. The molecule has 0 N–H and O–H groups in total. The van der Waals surface area contributed by atoms with Crippen LogP contribution in [0.5, 0.6) is 0 Å². The molecular formula is C19H18FN5. The van der Waals surface area contributed by atoms with Crippen molar-refractivity contribution in [1.29, 1.82) is 0 Å². The molecule has 0 aliphatic carbocycles. The van der Waals surface area contributed by atoms with E-state index in [2.05, 4.69) is 29.0 Å². The van der Waals surface area contributed by atoms with Gasteiger partial charge in [0.15, 0.2) is 5.65 Å². The van der Waals surface area contributed by atoms with E-state index in [-0.39, 0.29) is 11.7 Å². The third kappa shape index (κ3) is 2.59. The molecule has 0 bridgehead atoms. The molecule has 0 unspecified atom stereocenters. The number of benzene rings is 1. The Bertz CT molecular complexity index is 1040. The fourth-order valence-electron chi connectivity index (χ4n) is 3.03. The molecule has 0 aliphatic heterocycles. The van der Waals surface area contributed by atoms with Crippen LogP contribution < -0.4 is 0 Å². The van der Waals surface area contributed by atoms with E-state index < -0.39 is 0 Å². The molecule has 5 nitrogen and oxygen atoms in total. The SMILES string of the molecule is CC(C)c1nnc2ccc(-c3c(-c4ccc(F)cc4)ncn3C)cn12. The van der Waals surface area contributed by atoms with Crippen LogP contribution in [0.4, 0.5) is 4.39 Å². The van der Waals surface area contributed by atoms with Crippen LogP contribution in [0, 0.1) is 5.82 Å². The van der Waals surface area contributed by atoms with Crippen molar-refractivity contribution in [2.45, 2.75) is 19.8 Å². The summed E-state index contributed by atoms with van der Waals surface area (Å²) in [7, 11) is 1.95. The van der Waals surface area contributed by atoms with Gasteiger partial charge in [-0.2, -0.15) is 0 Å². The number of hydrogen-bond donors (Lipinski definition) is 0. The number of aryl methyl sites for hydroxylation is 1. The van der Waals surface area contributed by atoms with Gasteiger partial charge in [-0.15, -0.1) is 10.2 Å². The van der Waals surface area contributed by atoms with E-state index in [1.807, 2.05) is 34.3 Å². The number of hydrogen-bond acceptors (Lipinski definition) is 3. The molecule has 3 aromatic heterocycles. The molecule has 0 radical (unpaired) electrons. The summed E-state index contributed by atoms with van der Waals surface area (Å²) in [5.41, 5.74) is 4.49. The molecule has 126 valence electrons. The second-order valence-corrected chi connectivity index (χ2v) is 6.42. The molecule has 6 heteroatoms. The first-order valence-electron chi connectivity index (χ1n) is 8.17. The predicted octanol–water partition coefficient (Wildman–Crippen LogP) is 4.06. The van der Waals surface area contributed by atoms with Gasteiger partial charge in [-0.1, -0.05) is 13.8 Å². The van der Waals surface area contributed by atoms with E-state index in [4.69, 9.17) is 0 Å². The Labute approximate surface area is 144 Å². The van der Waals surface area contributed by atoms with E-state index in [0.717, 1.165) is 34.0 Å². The maximum Gasteiger partial charge on any atom is 0.160 e. The minimum atomic E-state index is -0.256. The quantitative estimate of drug-likeness (QED) is 0.567. The second-order valence-electron chi connectivity index (χ2n) is 6.42. The Hall–Kier alpha value is -3.02. The highest BCUT2D eigenvalue weighted by molar-refractivity contribution is 5.78. The topological polar surface area (TPSA) is 48.0 Å². The number of imidazole rings is 1. The lowest BCUT2D eigenvalue weighted by Crippen LogP contribution is -1.99. The molecule has 0 fully saturated rings. The first-order valence-corrected chi connectivity index (χ1v) is 8.17. The third-order valence-corrected chi connectivity index (χ3v) is 4.27. The van der Waals surface area contributed by atoms with Crippen LogP contribution in [0.2, 0.25) is 0 Å². The fourth-order valence-corrected chi connectivity index (χ4v) is 3.03. The van der Waals surface area contributed by atoms with E-state index in [9.17, 15) is 4.39 Å². The maximum absolute atomic E-state index is 13.2. The van der Waals surface area contributed by atoms with Gasteiger partial charge in [-0.25, -0.2) is 9.37 Å². The highest BCUT2D eigenvalue weighted by Gasteiger charge is 2.16. The average Bonchev–Trinajstić information content (AvgIpc) is 3.18. The van der Waals surface area contributed by atoms with Gasteiger partial charge >= 0.3 is 0 Å². The molecule has 4 aromatic rings. The van der Waals surface area contributed by atoms with Gasteiger partial charge in [-0.05, 0) is 36.4 Å². The van der Waals surface area contributed by atoms with Crippen molar-refractivity contribution in [3.63, 3.8) is 0 Å². The van der Waals surface area contributed by atoms with Gasteiger partial charge in [0.2, 0.25) is 0 Å². The van der Waals surface area contributed by atoms with Gasteiger partial charge in [0, 0.05) is 30.3 Å².